The summed E-state index contributed by atoms with van der Waals surface area (Å²) >= 11 is 0. The summed E-state index contributed by atoms with van der Waals surface area (Å²) in [7, 11) is 0. The van der Waals surface area contributed by atoms with E-state index in [1.807, 2.05) is 0 Å². The van der Waals surface area contributed by atoms with Crippen LogP contribution in [0.4, 0.5) is 9.18 Å². The average molecular weight is 419 g/mol. The van der Waals surface area contributed by atoms with Crippen LogP contribution in [0.5, 0.6) is 0 Å². The number of ether oxygens (including phenoxy) is 1. The number of hydrogen-bond acceptors (Lipinski definition) is 4. The van der Waals surface area contributed by atoms with Gasteiger partial charge in [0.1, 0.15) is 11.9 Å². The molecule has 3 amide bonds. The van der Waals surface area contributed by atoms with Crippen LogP contribution in [0.3, 0.4) is 0 Å². The number of aliphatic hydroxyl groups is 1. The molecule has 1 aliphatic heterocycles. The molecule has 3 atom stereocenters. The van der Waals surface area contributed by atoms with E-state index in [1.54, 1.807) is 24.3 Å². The molecule has 164 valence electrons. The zero-order valence-corrected chi connectivity index (χ0v) is 17.0. The van der Waals surface area contributed by atoms with E-state index in [9.17, 15) is 19.1 Å². The van der Waals surface area contributed by atoms with Crippen molar-refractivity contribution in [3.05, 3.63) is 47.8 Å². The van der Waals surface area contributed by atoms with Gasteiger partial charge in [-0.05, 0) is 30.5 Å². The molecule has 0 bridgehead atoms. The van der Waals surface area contributed by atoms with Crippen molar-refractivity contribution < 1.29 is 23.8 Å². The minimum atomic E-state index is -0.623. The van der Waals surface area contributed by atoms with Crippen LogP contribution in [0.1, 0.15) is 44.1 Å². The second-order valence-electron chi connectivity index (χ2n) is 7.87. The summed E-state index contributed by atoms with van der Waals surface area (Å²) in [4.78, 5) is 24.4. The molecule has 0 saturated heterocycles. The second-order valence-corrected chi connectivity index (χ2v) is 7.87. The van der Waals surface area contributed by atoms with Crippen molar-refractivity contribution >= 4 is 11.9 Å². The van der Waals surface area contributed by atoms with Crippen LogP contribution in [-0.4, -0.2) is 47.9 Å². The van der Waals surface area contributed by atoms with Crippen LogP contribution in [-0.2, 0) is 16.1 Å². The largest absolute Gasteiger partial charge is 0.394 e. The molecule has 0 aromatic heterocycles. The minimum absolute atomic E-state index is 0.0924. The van der Waals surface area contributed by atoms with E-state index in [0.29, 0.717) is 6.54 Å². The molecular formula is C22H30FN3O4. The Morgan fingerprint density at radius 1 is 1.07 bits per heavy atom. The Bertz CT molecular complexity index is 734. The Hall–Kier alpha value is -2.45. The quantitative estimate of drug-likeness (QED) is 0.509. The maximum absolute atomic E-state index is 12.9. The molecule has 3 rings (SSSR count). The predicted octanol–water partition coefficient (Wildman–Crippen LogP) is 2.15. The van der Waals surface area contributed by atoms with Gasteiger partial charge in [0.15, 0.2) is 0 Å². The first-order chi connectivity index (χ1) is 14.5. The maximum Gasteiger partial charge on any atom is 0.315 e. The Morgan fingerprint density at radius 3 is 2.50 bits per heavy atom. The third-order valence-corrected chi connectivity index (χ3v) is 5.49. The smallest absolute Gasteiger partial charge is 0.315 e. The van der Waals surface area contributed by atoms with E-state index < -0.39 is 18.2 Å². The van der Waals surface area contributed by atoms with Gasteiger partial charge in [0, 0.05) is 12.6 Å². The number of carbonyl (C=O) groups is 2. The van der Waals surface area contributed by atoms with Crippen molar-refractivity contribution in [2.45, 2.75) is 69.4 Å². The van der Waals surface area contributed by atoms with Gasteiger partial charge in [0.25, 0.3) is 0 Å². The Labute approximate surface area is 176 Å². The topological polar surface area (TPSA) is 99.7 Å². The zero-order valence-electron chi connectivity index (χ0n) is 17.0. The number of rotatable bonds is 7. The molecule has 2 aliphatic rings. The lowest BCUT2D eigenvalue weighted by molar-refractivity contribution is -0.125. The van der Waals surface area contributed by atoms with Gasteiger partial charge >= 0.3 is 6.03 Å². The van der Waals surface area contributed by atoms with Gasteiger partial charge in [0.05, 0.1) is 25.2 Å². The summed E-state index contributed by atoms with van der Waals surface area (Å²) in [5, 5.41) is 18.3. The fourth-order valence-corrected chi connectivity index (χ4v) is 3.82. The molecule has 7 nitrogen and oxygen atoms in total. The van der Waals surface area contributed by atoms with Gasteiger partial charge in [-0.25, -0.2) is 9.18 Å². The van der Waals surface area contributed by atoms with Gasteiger partial charge in [-0.15, -0.1) is 0 Å². The molecule has 1 saturated carbocycles. The number of halogens is 1. The molecule has 1 aromatic carbocycles. The first-order valence-electron chi connectivity index (χ1n) is 10.6. The molecule has 1 aromatic rings. The molecule has 1 heterocycles. The van der Waals surface area contributed by atoms with Crippen molar-refractivity contribution in [2.75, 3.05) is 6.61 Å². The summed E-state index contributed by atoms with van der Waals surface area (Å²) in [5.41, 5.74) is 0.798. The lowest BCUT2D eigenvalue weighted by atomic mass is 9.96. The molecule has 1 aliphatic carbocycles. The van der Waals surface area contributed by atoms with Crippen LogP contribution in [0.2, 0.25) is 0 Å². The van der Waals surface area contributed by atoms with Gasteiger partial charge in [0.2, 0.25) is 5.91 Å². The van der Waals surface area contributed by atoms with Gasteiger partial charge in [-0.2, -0.15) is 0 Å². The first-order valence-corrected chi connectivity index (χ1v) is 10.6. The van der Waals surface area contributed by atoms with E-state index in [4.69, 9.17) is 4.74 Å². The highest BCUT2D eigenvalue weighted by Gasteiger charge is 2.29. The Balaban J connectivity index is 1.44. The number of amides is 3. The summed E-state index contributed by atoms with van der Waals surface area (Å²) in [6, 6.07) is 5.38. The Kier molecular flexibility index (Phi) is 8.21. The standard InChI is InChI=1S/C22H30FN3O4/c23-16-8-6-15(7-9-16)13-24-21(28)12-18-10-11-19(20(14-27)30-18)26-22(29)25-17-4-2-1-3-5-17/h6-11,17-20,27H,1-5,12-14H2,(H,24,28)(H2,25,26,29)/t18-,19-,20+/m1/s1. The van der Waals surface area contributed by atoms with E-state index in [2.05, 4.69) is 16.0 Å². The number of hydrogen-bond donors (Lipinski definition) is 4. The average Bonchev–Trinajstić information content (AvgIpc) is 2.75. The predicted molar refractivity (Wildman–Crippen MR) is 110 cm³/mol. The highest BCUT2D eigenvalue weighted by molar-refractivity contribution is 5.77. The van der Waals surface area contributed by atoms with Crippen LogP contribution < -0.4 is 16.0 Å². The fourth-order valence-electron chi connectivity index (χ4n) is 3.82. The number of urea groups is 1. The fraction of sp³-hybridized carbons (Fsp3) is 0.545. The third-order valence-electron chi connectivity index (χ3n) is 5.49. The normalized spacial score (nSPS) is 24.3. The van der Waals surface area contributed by atoms with Crippen LogP contribution in [0.25, 0.3) is 0 Å². The molecule has 0 radical (unpaired) electrons. The van der Waals surface area contributed by atoms with Crippen molar-refractivity contribution in [1.82, 2.24) is 16.0 Å². The molecule has 0 unspecified atom stereocenters. The van der Waals surface area contributed by atoms with Crippen molar-refractivity contribution in [3.63, 3.8) is 0 Å². The molecule has 4 N–H and O–H groups in total. The van der Waals surface area contributed by atoms with Gasteiger partial charge < -0.3 is 25.8 Å². The van der Waals surface area contributed by atoms with Crippen molar-refractivity contribution in [1.29, 1.82) is 0 Å². The highest BCUT2D eigenvalue weighted by Crippen LogP contribution is 2.18. The van der Waals surface area contributed by atoms with E-state index in [1.165, 1.54) is 18.6 Å². The summed E-state index contributed by atoms with van der Waals surface area (Å²) in [5.74, 6) is -0.538. The molecular weight excluding hydrogens is 389 g/mol. The van der Waals surface area contributed by atoms with Crippen LogP contribution >= 0.6 is 0 Å². The number of aliphatic hydroxyl groups excluding tert-OH is 1. The summed E-state index contributed by atoms with van der Waals surface area (Å²) in [6.07, 6.45) is 7.92. The minimum Gasteiger partial charge on any atom is -0.394 e. The van der Waals surface area contributed by atoms with Gasteiger partial charge in [-0.3, -0.25) is 4.79 Å². The third kappa shape index (κ3) is 6.81. The van der Waals surface area contributed by atoms with Crippen molar-refractivity contribution in [2.24, 2.45) is 0 Å². The summed E-state index contributed by atoms with van der Waals surface area (Å²) < 4.78 is 18.7. The van der Waals surface area contributed by atoms with Crippen LogP contribution in [0, 0.1) is 5.82 Å². The molecule has 30 heavy (non-hydrogen) atoms. The SMILES string of the molecule is O=C(C[C@H]1C=C[C@@H](NC(=O)NC2CCCCC2)[C@H](CO)O1)NCc1ccc(F)cc1. The monoisotopic (exact) mass is 419 g/mol. The molecule has 1 fully saturated rings. The lowest BCUT2D eigenvalue weighted by Crippen LogP contribution is -2.53. The maximum atomic E-state index is 12.9. The summed E-state index contributed by atoms with van der Waals surface area (Å²) in [6.45, 7) is 0.0247. The molecule has 0 spiro atoms. The molecule has 8 heteroatoms. The van der Waals surface area contributed by atoms with Gasteiger partial charge in [-0.1, -0.05) is 43.5 Å². The van der Waals surface area contributed by atoms with E-state index in [-0.39, 0.29) is 36.8 Å². The second kappa shape index (κ2) is 11.1. The van der Waals surface area contributed by atoms with E-state index >= 15 is 0 Å². The highest BCUT2D eigenvalue weighted by atomic mass is 19.1. The lowest BCUT2D eigenvalue weighted by Gasteiger charge is -2.32. The Morgan fingerprint density at radius 2 is 1.80 bits per heavy atom. The van der Waals surface area contributed by atoms with E-state index in [0.717, 1.165) is 31.2 Å². The number of carbonyl (C=O) groups excluding carboxylic acids is 2. The zero-order chi connectivity index (χ0) is 21.3. The first kappa shape index (κ1) is 22.2. The number of nitrogens with one attached hydrogen (secondary N) is 3. The number of benzene rings is 1. The van der Waals surface area contributed by atoms with Crippen molar-refractivity contribution in [3.8, 4) is 0 Å². The van der Waals surface area contributed by atoms with Crippen LogP contribution in [0.15, 0.2) is 36.4 Å².